The van der Waals surface area contributed by atoms with E-state index in [2.05, 4.69) is 5.16 Å². The zero-order chi connectivity index (χ0) is 20.1. The van der Waals surface area contributed by atoms with Gasteiger partial charge in [0, 0.05) is 18.7 Å². The number of nitrogens with zero attached hydrogens (tertiary/aromatic N) is 2. The number of rotatable bonds is 6. The molecule has 1 amide bonds. The Morgan fingerprint density at radius 3 is 2.43 bits per heavy atom. The number of hydrogen-bond donors (Lipinski definition) is 0. The van der Waals surface area contributed by atoms with E-state index in [1.54, 1.807) is 36.1 Å². The average molecular weight is 386 g/mol. The van der Waals surface area contributed by atoms with Crippen LogP contribution in [0.2, 0.25) is 0 Å². The molecule has 1 aromatic heterocycles. The molecular formula is C21H26N2O5. The Bertz CT molecular complexity index is 800. The van der Waals surface area contributed by atoms with Crippen LogP contribution < -0.4 is 4.74 Å². The maximum Gasteiger partial charge on any atom is 0.309 e. The Balaban J connectivity index is 1.53. The van der Waals surface area contributed by atoms with Crippen LogP contribution in [0.1, 0.15) is 47.1 Å². The van der Waals surface area contributed by atoms with Crippen molar-refractivity contribution in [2.45, 2.75) is 40.2 Å². The molecule has 0 N–H and O–H groups in total. The fourth-order valence-electron chi connectivity index (χ4n) is 3.32. The number of aryl methyl sites for hydroxylation is 2. The lowest BCUT2D eigenvalue weighted by molar-refractivity contribution is -0.149. The molecular weight excluding hydrogens is 360 g/mol. The third-order valence-electron chi connectivity index (χ3n) is 5.07. The van der Waals surface area contributed by atoms with E-state index < -0.39 is 0 Å². The van der Waals surface area contributed by atoms with Crippen molar-refractivity contribution in [2.75, 3.05) is 19.7 Å². The van der Waals surface area contributed by atoms with Crippen LogP contribution in [0.15, 0.2) is 28.8 Å². The van der Waals surface area contributed by atoms with Gasteiger partial charge in [0.05, 0.1) is 23.8 Å². The summed E-state index contributed by atoms with van der Waals surface area (Å²) in [5.41, 5.74) is 2.36. The second-order valence-electron chi connectivity index (χ2n) is 6.93. The van der Waals surface area contributed by atoms with Gasteiger partial charge in [0.25, 0.3) is 5.91 Å². The van der Waals surface area contributed by atoms with Gasteiger partial charge in [0.15, 0.2) is 0 Å². The van der Waals surface area contributed by atoms with Crippen molar-refractivity contribution >= 4 is 11.9 Å². The number of amides is 1. The molecule has 28 heavy (non-hydrogen) atoms. The Labute approximate surface area is 164 Å². The molecule has 0 aliphatic carbocycles. The maximum absolute atomic E-state index is 12.7. The van der Waals surface area contributed by atoms with Gasteiger partial charge in [-0.25, -0.2) is 0 Å². The highest BCUT2D eigenvalue weighted by atomic mass is 16.5. The number of carbonyl (C=O) groups is 2. The highest BCUT2D eigenvalue weighted by molar-refractivity contribution is 5.94. The summed E-state index contributed by atoms with van der Waals surface area (Å²) in [4.78, 5) is 26.3. The standard InChI is InChI=1S/C21H26N2O5/c1-4-26-21(25)17-9-11-23(12-10-17)20(24)16-5-7-18(8-6-16)27-13-19-14(2)22-28-15(19)3/h5-8,17H,4,9-13H2,1-3H3. The molecule has 1 aliphatic heterocycles. The van der Waals surface area contributed by atoms with Crippen LogP contribution in [0.4, 0.5) is 0 Å². The first-order valence-corrected chi connectivity index (χ1v) is 9.60. The molecule has 1 aliphatic rings. The summed E-state index contributed by atoms with van der Waals surface area (Å²) < 4.78 is 16.0. The molecule has 1 saturated heterocycles. The summed E-state index contributed by atoms with van der Waals surface area (Å²) in [5, 5.41) is 3.91. The maximum atomic E-state index is 12.7. The molecule has 0 atom stereocenters. The molecule has 2 aromatic rings. The zero-order valence-electron chi connectivity index (χ0n) is 16.6. The topological polar surface area (TPSA) is 81.9 Å². The summed E-state index contributed by atoms with van der Waals surface area (Å²) in [6.07, 6.45) is 1.28. The summed E-state index contributed by atoms with van der Waals surface area (Å²) in [6, 6.07) is 7.11. The van der Waals surface area contributed by atoms with Crippen molar-refractivity contribution in [3.63, 3.8) is 0 Å². The average Bonchev–Trinajstić information content (AvgIpc) is 3.04. The first-order chi connectivity index (χ1) is 13.5. The minimum atomic E-state index is -0.158. The molecule has 0 saturated carbocycles. The Kier molecular flexibility index (Phi) is 6.34. The predicted octanol–water partition coefficient (Wildman–Crippen LogP) is 3.29. The summed E-state index contributed by atoms with van der Waals surface area (Å²) in [6.45, 7) is 7.42. The minimum Gasteiger partial charge on any atom is -0.489 e. The second-order valence-corrected chi connectivity index (χ2v) is 6.93. The van der Waals surface area contributed by atoms with Crippen molar-refractivity contribution in [1.29, 1.82) is 0 Å². The van der Waals surface area contributed by atoms with E-state index in [1.807, 2.05) is 13.8 Å². The van der Waals surface area contributed by atoms with E-state index in [1.165, 1.54) is 0 Å². The number of carbonyl (C=O) groups excluding carboxylic acids is 2. The first kappa shape index (κ1) is 19.9. The van der Waals surface area contributed by atoms with E-state index >= 15 is 0 Å². The van der Waals surface area contributed by atoms with Crippen molar-refractivity contribution in [1.82, 2.24) is 10.1 Å². The molecule has 3 rings (SSSR count). The second kappa shape index (κ2) is 8.91. The van der Waals surface area contributed by atoms with Gasteiger partial charge in [0.1, 0.15) is 18.1 Å². The van der Waals surface area contributed by atoms with Gasteiger partial charge in [-0.2, -0.15) is 0 Å². The molecule has 1 aromatic carbocycles. The van der Waals surface area contributed by atoms with Crippen molar-refractivity contribution in [3.8, 4) is 5.75 Å². The van der Waals surface area contributed by atoms with E-state index in [-0.39, 0.29) is 17.8 Å². The van der Waals surface area contributed by atoms with Gasteiger partial charge < -0.3 is 18.9 Å². The molecule has 7 nitrogen and oxygen atoms in total. The number of aromatic nitrogens is 1. The number of piperidine rings is 1. The van der Waals surface area contributed by atoms with Crippen molar-refractivity contribution in [2.24, 2.45) is 5.92 Å². The third-order valence-corrected chi connectivity index (χ3v) is 5.07. The number of benzene rings is 1. The summed E-state index contributed by atoms with van der Waals surface area (Å²) in [7, 11) is 0. The smallest absolute Gasteiger partial charge is 0.309 e. The SMILES string of the molecule is CCOC(=O)C1CCN(C(=O)c2ccc(OCc3c(C)noc3C)cc2)CC1. The van der Waals surface area contributed by atoms with Crippen LogP contribution in [0.3, 0.4) is 0 Å². The molecule has 7 heteroatoms. The van der Waals surface area contributed by atoms with Crippen LogP contribution in [-0.2, 0) is 16.1 Å². The zero-order valence-corrected chi connectivity index (χ0v) is 16.6. The van der Waals surface area contributed by atoms with Crippen LogP contribution >= 0.6 is 0 Å². The van der Waals surface area contributed by atoms with Gasteiger partial charge in [-0.1, -0.05) is 5.16 Å². The molecule has 150 valence electrons. The normalized spacial score (nSPS) is 14.8. The molecule has 0 spiro atoms. The fourth-order valence-corrected chi connectivity index (χ4v) is 3.32. The van der Waals surface area contributed by atoms with Crippen molar-refractivity contribution in [3.05, 3.63) is 46.8 Å². The van der Waals surface area contributed by atoms with E-state index in [9.17, 15) is 9.59 Å². The third kappa shape index (κ3) is 4.52. The summed E-state index contributed by atoms with van der Waals surface area (Å²) in [5.74, 6) is 1.13. The van der Waals surface area contributed by atoms with Gasteiger partial charge >= 0.3 is 5.97 Å². The molecule has 0 bridgehead atoms. The molecule has 1 fully saturated rings. The molecule has 0 unspecified atom stereocenters. The van der Waals surface area contributed by atoms with Crippen molar-refractivity contribution < 1.29 is 23.6 Å². The Hall–Kier alpha value is -2.83. The van der Waals surface area contributed by atoms with Gasteiger partial charge in [-0.3, -0.25) is 9.59 Å². The predicted molar refractivity (Wildman–Crippen MR) is 102 cm³/mol. The van der Waals surface area contributed by atoms with E-state index in [4.69, 9.17) is 14.0 Å². The molecule has 0 radical (unpaired) electrons. The van der Waals surface area contributed by atoms with Crippen LogP contribution in [0.25, 0.3) is 0 Å². The number of hydrogen-bond acceptors (Lipinski definition) is 6. The lowest BCUT2D eigenvalue weighted by atomic mass is 9.96. The minimum absolute atomic E-state index is 0.0282. The largest absolute Gasteiger partial charge is 0.489 e. The fraction of sp³-hybridized carbons (Fsp3) is 0.476. The highest BCUT2D eigenvalue weighted by Gasteiger charge is 2.28. The van der Waals surface area contributed by atoms with Crippen LogP contribution in [0, 0.1) is 19.8 Å². The first-order valence-electron chi connectivity index (χ1n) is 9.60. The van der Waals surface area contributed by atoms with Gasteiger partial charge in [0.2, 0.25) is 0 Å². The molecule has 2 heterocycles. The van der Waals surface area contributed by atoms with Gasteiger partial charge in [-0.15, -0.1) is 0 Å². The summed E-state index contributed by atoms with van der Waals surface area (Å²) >= 11 is 0. The number of likely N-dealkylation sites (tertiary alicyclic amines) is 1. The number of ether oxygens (including phenoxy) is 2. The lowest BCUT2D eigenvalue weighted by Gasteiger charge is -2.31. The van der Waals surface area contributed by atoms with E-state index in [0.29, 0.717) is 50.5 Å². The van der Waals surface area contributed by atoms with Gasteiger partial charge in [-0.05, 0) is 57.9 Å². The highest BCUT2D eigenvalue weighted by Crippen LogP contribution is 2.22. The number of esters is 1. The monoisotopic (exact) mass is 386 g/mol. The Morgan fingerprint density at radius 2 is 1.86 bits per heavy atom. The Morgan fingerprint density at radius 1 is 1.18 bits per heavy atom. The quantitative estimate of drug-likeness (QED) is 0.709. The van der Waals surface area contributed by atoms with Crippen LogP contribution in [-0.4, -0.2) is 41.6 Å². The van der Waals surface area contributed by atoms with E-state index in [0.717, 1.165) is 17.0 Å². The lowest BCUT2D eigenvalue weighted by Crippen LogP contribution is -2.40. The van der Waals surface area contributed by atoms with Crippen LogP contribution in [0.5, 0.6) is 5.75 Å².